The van der Waals surface area contributed by atoms with Crippen LogP contribution < -0.4 is 10.3 Å². The Morgan fingerprint density at radius 2 is 1.83 bits per heavy atom. The van der Waals surface area contributed by atoms with Crippen LogP contribution in [-0.4, -0.2) is 79.8 Å². The molecular weight excluding hydrogens is 544 g/mol. The Labute approximate surface area is 175 Å². The molecule has 0 aromatic carbocycles. The molecule has 6 N–H and O–H groups in total. The van der Waals surface area contributed by atoms with Crippen LogP contribution in [0.3, 0.4) is 0 Å². The molecule has 20 heteroatoms. The molecule has 16 nitrogen and oxygen atoms in total. The van der Waals surface area contributed by atoms with E-state index in [1.807, 2.05) is 0 Å². The monoisotopic (exact) mass is 561 g/mol. The Balaban J connectivity index is 2.12. The molecule has 2 rings (SSSR count). The quantitative estimate of drug-likeness (QED) is 0.141. The molecule has 0 spiro atoms. The maximum absolute atomic E-state index is 11.8. The van der Waals surface area contributed by atoms with Crippen molar-refractivity contribution in [1.82, 2.24) is 9.55 Å². The Morgan fingerprint density at radius 1 is 1.23 bits per heavy atom. The number of ether oxygens (including phenoxy) is 1. The van der Waals surface area contributed by atoms with Crippen molar-refractivity contribution in [3.63, 3.8) is 0 Å². The molecular formula is C10H16N2O14P3Se. The first-order valence-electron chi connectivity index (χ1n) is 7.54. The van der Waals surface area contributed by atoms with Gasteiger partial charge in [-0.15, -0.1) is 0 Å². The Hall–Kier alpha value is -0.311. The van der Waals surface area contributed by atoms with Crippen molar-refractivity contribution in [1.29, 1.82) is 0 Å². The predicted molar refractivity (Wildman–Crippen MR) is 94.2 cm³/mol. The SMILES string of the molecule is C[C@@]1(O)[C@H](O)[C@@H](COP(=O)(O)OP(=O)(O)OP(=O)(O)O)O[C@H]1n1ccc(=O)nc1[Se]. The van der Waals surface area contributed by atoms with Crippen LogP contribution in [0.15, 0.2) is 17.1 Å². The Bertz CT molecular complexity index is 992. The van der Waals surface area contributed by atoms with E-state index in [0.29, 0.717) is 0 Å². The van der Waals surface area contributed by atoms with E-state index in [1.165, 1.54) is 6.20 Å². The first-order chi connectivity index (χ1) is 13.4. The number of hydrogen-bond donors (Lipinski definition) is 6. The summed E-state index contributed by atoms with van der Waals surface area (Å²) in [7, 11) is -16.7. The Kier molecular flexibility index (Phi) is 7.70. The number of aromatic nitrogens is 2. The van der Waals surface area contributed by atoms with E-state index in [4.69, 9.17) is 19.4 Å². The number of nitrogens with zero attached hydrogens (tertiary/aromatic N) is 2. The number of aliphatic hydroxyl groups is 2. The molecule has 171 valence electrons. The van der Waals surface area contributed by atoms with Gasteiger partial charge >= 0.3 is 161 Å². The predicted octanol–water partition coefficient (Wildman–Crippen LogP) is -2.61. The van der Waals surface area contributed by atoms with Crippen molar-refractivity contribution in [2.24, 2.45) is 0 Å². The van der Waals surface area contributed by atoms with Gasteiger partial charge in [0.15, 0.2) is 0 Å². The van der Waals surface area contributed by atoms with Gasteiger partial charge in [0.05, 0.1) is 0 Å². The van der Waals surface area contributed by atoms with E-state index < -0.39 is 59.7 Å². The van der Waals surface area contributed by atoms with E-state index in [0.717, 1.165) is 17.6 Å². The molecule has 1 fully saturated rings. The van der Waals surface area contributed by atoms with Crippen molar-refractivity contribution in [2.45, 2.75) is 31.0 Å². The van der Waals surface area contributed by atoms with Crippen molar-refractivity contribution < 1.29 is 61.4 Å². The van der Waals surface area contributed by atoms with Gasteiger partial charge in [-0.3, -0.25) is 0 Å². The van der Waals surface area contributed by atoms with Gasteiger partial charge in [0.1, 0.15) is 0 Å². The second-order valence-corrected chi connectivity index (χ2v) is 11.2. The molecule has 1 aliphatic heterocycles. The zero-order chi connectivity index (χ0) is 23.1. The molecule has 0 saturated carbocycles. The number of rotatable bonds is 8. The minimum absolute atomic E-state index is 0.00601. The van der Waals surface area contributed by atoms with Crippen molar-refractivity contribution in [3.05, 3.63) is 22.6 Å². The number of phosphoric acid groups is 3. The van der Waals surface area contributed by atoms with Gasteiger partial charge in [-0.05, 0) is 0 Å². The second kappa shape index (κ2) is 8.91. The summed E-state index contributed by atoms with van der Waals surface area (Å²) in [4.78, 5) is 50.4. The first-order valence-corrected chi connectivity index (χ1v) is 12.9. The average molecular weight is 560 g/mol. The summed E-state index contributed by atoms with van der Waals surface area (Å²) in [5, 5.41) is 20.8. The molecule has 1 aliphatic rings. The van der Waals surface area contributed by atoms with E-state index in [2.05, 4.69) is 34.1 Å². The topological polar surface area (TPSA) is 244 Å². The third-order valence-electron chi connectivity index (χ3n) is 3.63. The Morgan fingerprint density at radius 3 is 2.37 bits per heavy atom. The van der Waals surface area contributed by atoms with Gasteiger partial charge in [0.2, 0.25) is 0 Å². The summed E-state index contributed by atoms with van der Waals surface area (Å²) in [6.07, 6.45) is -3.36. The molecule has 2 heterocycles. The molecule has 1 aromatic heterocycles. The fourth-order valence-electron chi connectivity index (χ4n) is 2.42. The van der Waals surface area contributed by atoms with Crippen molar-refractivity contribution in [2.75, 3.05) is 6.61 Å². The van der Waals surface area contributed by atoms with Crippen LogP contribution in [0, 0.1) is 0 Å². The third-order valence-corrected chi connectivity index (χ3v) is 8.07. The fourth-order valence-corrected chi connectivity index (χ4v) is 5.97. The van der Waals surface area contributed by atoms with Crippen LogP contribution in [0.4, 0.5) is 0 Å². The number of phosphoric ester groups is 1. The standard InChI is InChI=1S/C10H16N2O14P3Se/c1-10(15)7(14)5(24-8(10)12-3-2-6(13)11-9(12)30)4-23-28(19,20)26-29(21,22)25-27(16,17)18/h2-3,5,7-8,14-15H,4H2,1H3,(H,19,20)(H,21,22)(H2,16,17,18)/t5-,7-,8-,10-/m1/s1. The average Bonchev–Trinajstić information content (AvgIpc) is 2.73. The van der Waals surface area contributed by atoms with E-state index >= 15 is 0 Å². The van der Waals surface area contributed by atoms with Crippen LogP contribution in [0.5, 0.6) is 0 Å². The summed E-state index contributed by atoms with van der Waals surface area (Å²) < 4.78 is 51.8. The van der Waals surface area contributed by atoms with Gasteiger partial charge in [0, 0.05) is 0 Å². The van der Waals surface area contributed by atoms with Gasteiger partial charge in [-0.2, -0.15) is 0 Å². The zero-order valence-electron chi connectivity index (χ0n) is 14.7. The van der Waals surface area contributed by atoms with Gasteiger partial charge in [-0.1, -0.05) is 0 Å². The second-order valence-electron chi connectivity index (χ2n) is 6.04. The van der Waals surface area contributed by atoms with E-state index in [-0.39, 0.29) is 4.72 Å². The van der Waals surface area contributed by atoms with Crippen LogP contribution in [0.2, 0.25) is 0 Å². The molecule has 2 unspecified atom stereocenters. The zero-order valence-corrected chi connectivity index (χ0v) is 19.1. The molecule has 1 radical (unpaired) electrons. The fraction of sp³-hybridized carbons (Fsp3) is 0.600. The van der Waals surface area contributed by atoms with Crippen LogP contribution in [0.1, 0.15) is 13.2 Å². The third kappa shape index (κ3) is 6.59. The van der Waals surface area contributed by atoms with E-state index in [1.54, 1.807) is 0 Å². The maximum atomic E-state index is 11.8. The normalized spacial score (nSPS) is 31.2. The molecule has 0 bridgehead atoms. The molecule has 30 heavy (non-hydrogen) atoms. The van der Waals surface area contributed by atoms with Crippen molar-refractivity contribution in [3.8, 4) is 0 Å². The molecule has 0 aliphatic carbocycles. The van der Waals surface area contributed by atoms with Crippen LogP contribution in [-0.2, 0) is 31.6 Å². The van der Waals surface area contributed by atoms with Gasteiger partial charge < -0.3 is 9.79 Å². The molecule has 6 atom stereocenters. The van der Waals surface area contributed by atoms with Crippen LogP contribution >= 0.6 is 23.5 Å². The summed E-state index contributed by atoms with van der Waals surface area (Å²) >= 11 is 2.46. The minimum atomic E-state index is -5.71. The van der Waals surface area contributed by atoms with Crippen molar-refractivity contribution >= 4 is 44.2 Å². The summed E-state index contributed by atoms with van der Waals surface area (Å²) in [6.45, 7) is 0.179. The first kappa shape index (κ1) is 25.9. The summed E-state index contributed by atoms with van der Waals surface area (Å²) in [5.41, 5.74) is -2.61. The molecule has 1 aromatic rings. The van der Waals surface area contributed by atoms with Crippen LogP contribution in [0.25, 0.3) is 0 Å². The van der Waals surface area contributed by atoms with E-state index in [9.17, 15) is 33.6 Å². The van der Waals surface area contributed by atoms with Gasteiger partial charge in [0.25, 0.3) is 0 Å². The molecule has 1 saturated heterocycles. The number of hydrogen-bond acceptors (Lipinski definition) is 11. The summed E-state index contributed by atoms with van der Waals surface area (Å²) in [5.74, 6) is 0. The summed E-state index contributed by atoms with van der Waals surface area (Å²) in [6, 6.07) is 1.05. The van der Waals surface area contributed by atoms with Gasteiger partial charge in [-0.25, -0.2) is 4.57 Å². The number of aliphatic hydroxyl groups excluding tert-OH is 1. The molecule has 0 amide bonds.